The molecule has 1 fully saturated rings. The first-order valence-electron chi connectivity index (χ1n) is 9.79. The lowest BCUT2D eigenvalue weighted by atomic mass is 10.0. The molecular weight excluding hydrogens is 402 g/mol. The fourth-order valence-electron chi connectivity index (χ4n) is 3.66. The number of amides is 2. The summed E-state index contributed by atoms with van der Waals surface area (Å²) >= 11 is 6.08. The predicted molar refractivity (Wildman–Crippen MR) is 118 cm³/mol. The van der Waals surface area contributed by atoms with Crippen LogP contribution in [0.3, 0.4) is 0 Å². The highest BCUT2D eigenvalue weighted by Gasteiger charge is 2.25. The molecule has 3 aromatic carbocycles. The van der Waals surface area contributed by atoms with E-state index in [0.29, 0.717) is 47.8 Å². The predicted octanol–water partition coefficient (Wildman–Crippen LogP) is 3.60. The summed E-state index contributed by atoms with van der Waals surface area (Å²) in [6, 6.07) is 18.0. The van der Waals surface area contributed by atoms with E-state index in [0.717, 1.165) is 5.39 Å². The van der Waals surface area contributed by atoms with E-state index >= 15 is 0 Å². The zero-order valence-corrected chi connectivity index (χ0v) is 17.1. The van der Waals surface area contributed by atoms with E-state index in [1.54, 1.807) is 29.2 Å². The van der Waals surface area contributed by atoms with Crippen molar-refractivity contribution in [2.24, 2.45) is 0 Å². The third-order valence-corrected chi connectivity index (χ3v) is 5.64. The number of aromatic hydroxyl groups is 1. The lowest BCUT2D eigenvalue weighted by molar-refractivity contribution is -0.117. The van der Waals surface area contributed by atoms with Crippen molar-refractivity contribution in [3.05, 3.63) is 71.2 Å². The Labute approximate surface area is 179 Å². The highest BCUT2D eigenvalue weighted by atomic mass is 35.5. The van der Waals surface area contributed by atoms with Crippen LogP contribution in [-0.2, 0) is 4.79 Å². The van der Waals surface area contributed by atoms with Gasteiger partial charge in [0.1, 0.15) is 5.75 Å². The maximum atomic E-state index is 12.9. The normalized spacial score (nSPS) is 14.6. The molecule has 0 saturated carbocycles. The Morgan fingerprint density at radius 3 is 2.40 bits per heavy atom. The molecule has 2 amide bonds. The highest BCUT2D eigenvalue weighted by Crippen LogP contribution is 2.29. The Bertz CT molecular complexity index is 1090. The molecule has 0 unspecified atom stereocenters. The molecule has 0 spiro atoms. The molecular formula is C23H22ClN3O3. The number of phenolic OH excluding ortho intramolecular Hbond substituents is 1. The molecule has 1 aliphatic heterocycles. The van der Waals surface area contributed by atoms with Crippen LogP contribution in [0.1, 0.15) is 10.4 Å². The standard InChI is InChI=1S/C23H22ClN3O3/c24-19-7-3-4-8-20(19)25-21(28)15-26-11-13-27(14-12-26)23(30)18-10-9-16-5-1-2-6-17(16)22(18)29/h1-10,29H,11-15H2,(H,25,28). The van der Waals surface area contributed by atoms with Gasteiger partial charge in [0.15, 0.2) is 0 Å². The molecule has 154 valence electrons. The minimum absolute atomic E-state index is 0.0136. The summed E-state index contributed by atoms with van der Waals surface area (Å²) in [5.74, 6) is -0.326. The highest BCUT2D eigenvalue weighted by molar-refractivity contribution is 6.33. The van der Waals surface area contributed by atoms with Gasteiger partial charge in [0.05, 0.1) is 22.8 Å². The zero-order valence-electron chi connectivity index (χ0n) is 16.3. The largest absolute Gasteiger partial charge is 0.506 e. The summed E-state index contributed by atoms with van der Waals surface area (Å²) in [4.78, 5) is 28.9. The molecule has 0 aliphatic carbocycles. The Kier molecular flexibility index (Phi) is 5.88. The number of benzene rings is 3. The van der Waals surface area contributed by atoms with Crippen molar-refractivity contribution in [3.63, 3.8) is 0 Å². The molecule has 0 atom stereocenters. The number of hydrogen-bond acceptors (Lipinski definition) is 4. The van der Waals surface area contributed by atoms with Gasteiger partial charge < -0.3 is 15.3 Å². The Hall–Kier alpha value is -3.09. The number of carbonyl (C=O) groups excluding carboxylic acids is 2. The van der Waals surface area contributed by atoms with Gasteiger partial charge in [-0.05, 0) is 23.6 Å². The first kappa shape index (κ1) is 20.2. The van der Waals surface area contributed by atoms with E-state index in [9.17, 15) is 14.7 Å². The van der Waals surface area contributed by atoms with E-state index in [-0.39, 0.29) is 24.1 Å². The fraction of sp³-hybridized carbons (Fsp3) is 0.217. The lowest BCUT2D eigenvalue weighted by Gasteiger charge is -2.34. The second-order valence-corrected chi connectivity index (χ2v) is 7.69. The van der Waals surface area contributed by atoms with Crippen LogP contribution in [0.15, 0.2) is 60.7 Å². The molecule has 6 nitrogen and oxygen atoms in total. The van der Waals surface area contributed by atoms with Crippen LogP contribution in [0.2, 0.25) is 5.02 Å². The number of fused-ring (bicyclic) bond motifs is 1. The van der Waals surface area contributed by atoms with Crippen LogP contribution in [0, 0.1) is 0 Å². The minimum atomic E-state index is -0.196. The van der Waals surface area contributed by atoms with Gasteiger partial charge in [-0.15, -0.1) is 0 Å². The molecule has 30 heavy (non-hydrogen) atoms. The monoisotopic (exact) mass is 423 g/mol. The topological polar surface area (TPSA) is 72.9 Å². The van der Waals surface area contributed by atoms with E-state index in [2.05, 4.69) is 5.32 Å². The minimum Gasteiger partial charge on any atom is -0.506 e. The summed E-state index contributed by atoms with van der Waals surface area (Å²) < 4.78 is 0. The third-order valence-electron chi connectivity index (χ3n) is 5.31. The first-order valence-corrected chi connectivity index (χ1v) is 10.2. The molecule has 1 saturated heterocycles. The van der Waals surface area contributed by atoms with Crippen molar-refractivity contribution in [1.29, 1.82) is 0 Å². The van der Waals surface area contributed by atoms with Crippen LogP contribution in [-0.4, -0.2) is 59.4 Å². The average molecular weight is 424 g/mol. The van der Waals surface area contributed by atoms with Gasteiger partial charge in [-0.2, -0.15) is 0 Å². The second kappa shape index (κ2) is 8.73. The number of carbonyl (C=O) groups is 2. The van der Waals surface area contributed by atoms with Gasteiger partial charge >= 0.3 is 0 Å². The number of nitrogens with zero attached hydrogens (tertiary/aromatic N) is 2. The van der Waals surface area contributed by atoms with E-state index in [1.165, 1.54) is 0 Å². The number of anilines is 1. The van der Waals surface area contributed by atoms with Gasteiger partial charge in [-0.1, -0.05) is 54.1 Å². The number of piperazine rings is 1. The maximum Gasteiger partial charge on any atom is 0.257 e. The van der Waals surface area contributed by atoms with Crippen LogP contribution >= 0.6 is 11.6 Å². The number of para-hydroxylation sites is 1. The summed E-state index contributed by atoms with van der Waals surface area (Å²) in [6.45, 7) is 2.37. The van der Waals surface area contributed by atoms with E-state index in [4.69, 9.17) is 11.6 Å². The van der Waals surface area contributed by atoms with Crippen molar-refractivity contribution < 1.29 is 14.7 Å². The van der Waals surface area contributed by atoms with Crippen molar-refractivity contribution >= 4 is 39.9 Å². The summed E-state index contributed by atoms with van der Waals surface area (Å²) in [5.41, 5.74) is 0.892. The van der Waals surface area contributed by atoms with Crippen molar-refractivity contribution in [1.82, 2.24) is 9.80 Å². The lowest BCUT2D eigenvalue weighted by Crippen LogP contribution is -2.50. The van der Waals surface area contributed by atoms with Crippen LogP contribution in [0.4, 0.5) is 5.69 Å². The molecule has 0 bridgehead atoms. The third kappa shape index (κ3) is 4.25. The van der Waals surface area contributed by atoms with E-state index < -0.39 is 0 Å². The summed E-state index contributed by atoms with van der Waals surface area (Å²) in [5, 5.41) is 15.4. The number of halogens is 1. The average Bonchev–Trinajstić information content (AvgIpc) is 2.76. The van der Waals surface area contributed by atoms with Crippen molar-refractivity contribution in [2.45, 2.75) is 0 Å². The van der Waals surface area contributed by atoms with Crippen molar-refractivity contribution in [2.75, 3.05) is 38.0 Å². The van der Waals surface area contributed by atoms with Crippen LogP contribution < -0.4 is 5.32 Å². The Morgan fingerprint density at radius 2 is 1.63 bits per heavy atom. The van der Waals surface area contributed by atoms with Crippen LogP contribution in [0.5, 0.6) is 5.75 Å². The van der Waals surface area contributed by atoms with Gasteiger partial charge in [-0.25, -0.2) is 0 Å². The molecule has 2 N–H and O–H groups in total. The smallest absolute Gasteiger partial charge is 0.257 e. The summed E-state index contributed by atoms with van der Waals surface area (Å²) in [7, 11) is 0. The number of rotatable bonds is 4. The van der Waals surface area contributed by atoms with Gasteiger partial charge in [0, 0.05) is 31.6 Å². The van der Waals surface area contributed by atoms with Crippen LogP contribution in [0.25, 0.3) is 10.8 Å². The number of nitrogens with one attached hydrogen (secondary N) is 1. The molecule has 1 aliphatic rings. The first-order chi connectivity index (χ1) is 14.5. The SMILES string of the molecule is O=C(CN1CCN(C(=O)c2ccc3ccccc3c2O)CC1)Nc1ccccc1Cl. The van der Waals surface area contributed by atoms with Gasteiger partial charge in [0.2, 0.25) is 5.91 Å². The Morgan fingerprint density at radius 1 is 0.933 bits per heavy atom. The quantitative estimate of drug-likeness (QED) is 0.672. The molecule has 0 aromatic heterocycles. The molecule has 7 heteroatoms. The number of phenols is 1. The fourth-order valence-corrected chi connectivity index (χ4v) is 3.85. The van der Waals surface area contributed by atoms with E-state index in [1.807, 2.05) is 41.3 Å². The van der Waals surface area contributed by atoms with Gasteiger partial charge in [-0.3, -0.25) is 14.5 Å². The maximum absolute atomic E-state index is 12.9. The molecule has 1 heterocycles. The second-order valence-electron chi connectivity index (χ2n) is 7.28. The molecule has 0 radical (unpaired) electrons. The Balaban J connectivity index is 1.35. The van der Waals surface area contributed by atoms with Crippen molar-refractivity contribution in [3.8, 4) is 5.75 Å². The van der Waals surface area contributed by atoms with Gasteiger partial charge in [0.25, 0.3) is 5.91 Å². The summed E-state index contributed by atoms with van der Waals surface area (Å²) in [6.07, 6.45) is 0. The zero-order chi connectivity index (χ0) is 21.1. The number of hydrogen-bond donors (Lipinski definition) is 2. The molecule has 3 aromatic rings. The molecule has 4 rings (SSSR count).